The summed E-state index contributed by atoms with van der Waals surface area (Å²) < 4.78 is 0. The molecule has 10 heavy (non-hydrogen) atoms. The van der Waals surface area contributed by atoms with E-state index in [1.54, 1.807) is 11.8 Å². The molecule has 1 aromatic carbocycles. The van der Waals surface area contributed by atoms with Crippen LogP contribution < -0.4 is 5.46 Å². The van der Waals surface area contributed by atoms with Gasteiger partial charge in [0.2, 0.25) is 0 Å². The SMILES string of the molecule is C[B]c1ccccc1SC. The van der Waals surface area contributed by atoms with Gasteiger partial charge in [0.1, 0.15) is 7.28 Å². The molecule has 0 bridgehead atoms. The summed E-state index contributed by atoms with van der Waals surface area (Å²) in [6, 6.07) is 8.40. The van der Waals surface area contributed by atoms with Crippen LogP contribution in [0.2, 0.25) is 6.82 Å². The van der Waals surface area contributed by atoms with E-state index >= 15 is 0 Å². The normalized spacial score (nSPS) is 9.40. The molecule has 2 heteroatoms. The molecule has 0 saturated heterocycles. The van der Waals surface area contributed by atoms with E-state index in [0.29, 0.717) is 0 Å². The Morgan fingerprint density at radius 1 is 1.30 bits per heavy atom. The van der Waals surface area contributed by atoms with Crippen molar-refractivity contribution in [2.24, 2.45) is 0 Å². The predicted molar refractivity (Wildman–Crippen MR) is 49.5 cm³/mol. The molecular formula is C8H10BS. The minimum absolute atomic E-state index is 1.33. The van der Waals surface area contributed by atoms with Crippen molar-refractivity contribution in [3.05, 3.63) is 24.3 Å². The van der Waals surface area contributed by atoms with Crippen LogP contribution in [0.1, 0.15) is 0 Å². The lowest BCUT2D eigenvalue weighted by atomic mass is 9.73. The molecule has 51 valence electrons. The summed E-state index contributed by atoms with van der Waals surface area (Å²) in [5.41, 5.74) is 1.33. The van der Waals surface area contributed by atoms with Crippen molar-refractivity contribution in [1.82, 2.24) is 0 Å². The molecule has 0 heterocycles. The van der Waals surface area contributed by atoms with Crippen LogP contribution in [0.3, 0.4) is 0 Å². The van der Waals surface area contributed by atoms with Gasteiger partial charge in [0.25, 0.3) is 0 Å². The summed E-state index contributed by atoms with van der Waals surface area (Å²) in [5, 5.41) is 0. The second-order valence-electron chi connectivity index (χ2n) is 2.03. The number of hydrogen-bond donors (Lipinski definition) is 0. The van der Waals surface area contributed by atoms with Crippen molar-refractivity contribution in [2.75, 3.05) is 6.26 Å². The molecule has 0 aliphatic carbocycles. The first-order chi connectivity index (χ1) is 4.88. The van der Waals surface area contributed by atoms with E-state index in [1.165, 1.54) is 10.4 Å². The highest BCUT2D eigenvalue weighted by atomic mass is 32.2. The highest BCUT2D eigenvalue weighted by Crippen LogP contribution is 2.09. The van der Waals surface area contributed by atoms with E-state index in [-0.39, 0.29) is 0 Å². The van der Waals surface area contributed by atoms with Crippen LogP contribution in [0, 0.1) is 0 Å². The van der Waals surface area contributed by atoms with Crippen LogP contribution in [0.25, 0.3) is 0 Å². The number of hydrogen-bond acceptors (Lipinski definition) is 1. The van der Waals surface area contributed by atoms with Crippen molar-refractivity contribution < 1.29 is 0 Å². The Balaban J connectivity index is 2.96. The van der Waals surface area contributed by atoms with Crippen LogP contribution in [-0.2, 0) is 0 Å². The smallest absolute Gasteiger partial charge is 0.130 e. The van der Waals surface area contributed by atoms with Crippen LogP contribution >= 0.6 is 11.8 Å². The topological polar surface area (TPSA) is 0 Å². The molecule has 1 radical (unpaired) electrons. The molecule has 0 amide bonds. The summed E-state index contributed by atoms with van der Waals surface area (Å²) in [6.07, 6.45) is 2.10. The molecule has 0 aliphatic heterocycles. The zero-order valence-electron chi connectivity index (χ0n) is 6.29. The molecule has 0 fully saturated rings. The van der Waals surface area contributed by atoms with E-state index in [4.69, 9.17) is 0 Å². The van der Waals surface area contributed by atoms with Gasteiger partial charge in [-0.05, 0) is 12.3 Å². The molecule has 0 aliphatic rings. The summed E-state index contributed by atoms with van der Waals surface area (Å²) in [5.74, 6) is 0. The van der Waals surface area contributed by atoms with Crippen LogP contribution in [0.5, 0.6) is 0 Å². The lowest BCUT2D eigenvalue weighted by Crippen LogP contribution is -2.12. The molecule has 0 aromatic heterocycles. The molecule has 0 saturated carbocycles. The molecule has 1 rings (SSSR count). The number of benzene rings is 1. The van der Waals surface area contributed by atoms with Crippen LogP contribution in [0.4, 0.5) is 0 Å². The fourth-order valence-electron chi connectivity index (χ4n) is 0.905. The maximum Gasteiger partial charge on any atom is 0.149 e. The maximum absolute atomic E-state index is 2.14. The minimum Gasteiger partial charge on any atom is -0.130 e. The highest BCUT2D eigenvalue weighted by Gasteiger charge is 1.95. The van der Waals surface area contributed by atoms with Crippen molar-refractivity contribution >= 4 is 24.5 Å². The third-order valence-corrected chi connectivity index (χ3v) is 2.26. The van der Waals surface area contributed by atoms with Crippen LogP contribution in [-0.4, -0.2) is 13.5 Å². The number of thioether (sulfide) groups is 1. The Bertz CT molecular complexity index is 187. The molecular weight excluding hydrogens is 139 g/mol. The second kappa shape index (κ2) is 3.72. The van der Waals surface area contributed by atoms with Crippen LogP contribution in [0.15, 0.2) is 29.2 Å². The second-order valence-corrected chi connectivity index (χ2v) is 2.88. The molecule has 1 aromatic rings. The predicted octanol–water partition coefficient (Wildman–Crippen LogP) is 1.79. The summed E-state index contributed by atoms with van der Waals surface area (Å²) in [7, 11) is 2.13. The monoisotopic (exact) mass is 149 g/mol. The van der Waals surface area contributed by atoms with E-state index in [2.05, 4.69) is 44.6 Å². The third kappa shape index (κ3) is 1.57. The Kier molecular flexibility index (Phi) is 2.88. The first-order valence-electron chi connectivity index (χ1n) is 3.31. The van der Waals surface area contributed by atoms with Gasteiger partial charge in [-0.25, -0.2) is 0 Å². The van der Waals surface area contributed by atoms with Crippen molar-refractivity contribution in [2.45, 2.75) is 11.7 Å². The van der Waals surface area contributed by atoms with E-state index in [1.807, 2.05) is 0 Å². The van der Waals surface area contributed by atoms with Crippen molar-refractivity contribution in [1.29, 1.82) is 0 Å². The lowest BCUT2D eigenvalue weighted by molar-refractivity contribution is 1.53. The fraction of sp³-hybridized carbons (Fsp3) is 0.250. The Hall–Kier alpha value is -0.365. The first-order valence-corrected chi connectivity index (χ1v) is 4.53. The zero-order valence-corrected chi connectivity index (χ0v) is 7.11. The largest absolute Gasteiger partial charge is 0.149 e. The van der Waals surface area contributed by atoms with Gasteiger partial charge in [-0.1, -0.05) is 30.5 Å². The molecule has 0 spiro atoms. The average molecular weight is 149 g/mol. The van der Waals surface area contributed by atoms with Gasteiger partial charge in [0.15, 0.2) is 0 Å². The first kappa shape index (κ1) is 7.74. The quantitative estimate of drug-likeness (QED) is 0.456. The molecule has 0 atom stereocenters. The third-order valence-electron chi connectivity index (χ3n) is 1.45. The van der Waals surface area contributed by atoms with Gasteiger partial charge in [-0.3, -0.25) is 0 Å². The molecule has 0 unspecified atom stereocenters. The van der Waals surface area contributed by atoms with Gasteiger partial charge in [0.05, 0.1) is 0 Å². The Labute approximate surface area is 67.3 Å². The summed E-state index contributed by atoms with van der Waals surface area (Å²) in [6.45, 7) is 2.06. The zero-order chi connectivity index (χ0) is 7.40. The average Bonchev–Trinajstić information content (AvgIpc) is 2.04. The van der Waals surface area contributed by atoms with Gasteiger partial charge >= 0.3 is 0 Å². The summed E-state index contributed by atoms with van der Waals surface area (Å²) in [4.78, 5) is 1.35. The standard InChI is InChI=1S/C8H10BS/c1-9-7-5-3-4-6-8(7)10-2/h3-6H,1-2H3. The maximum atomic E-state index is 2.14. The van der Waals surface area contributed by atoms with Crippen molar-refractivity contribution in [3.63, 3.8) is 0 Å². The minimum atomic E-state index is 1.33. The van der Waals surface area contributed by atoms with E-state index in [9.17, 15) is 0 Å². The Morgan fingerprint density at radius 3 is 2.50 bits per heavy atom. The lowest BCUT2D eigenvalue weighted by Gasteiger charge is -2.01. The highest BCUT2D eigenvalue weighted by molar-refractivity contribution is 7.98. The van der Waals surface area contributed by atoms with Gasteiger partial charge in [-0.15, -0.1) is 11.8 Å². The Morgan fingerprint density at radius 2 is 2.00 bits per heavy atom. The molecule has 0 N–H and O–H groups in total. The van der Waals surface area contributed by atoms with E-state index in [0.717, 1.165) is 0 Å². The summed E-state index contributed by atoms with van der Waals surface area (Å²) >= 11 is 1.79. The fourth-order valence-corrected chi connectivity index (χ4v) is 1.54. The van der Waals surface area contributed by atoms with Gasteiger partial charge < -0.3 is 0 Å². The number of rotatable bonds is 2. The van der Waals surface area contributed by atoms with Crippen molar-refractivity contribution in [3.8, 4) is 0 Å². The molecule has 0 nitrogen and oxygen atoms in total. The van der Waals surface area contributed by atoms with Gasteiger partial charge in [0, 0.05) is 4.90 Å². The van der Waals surface area contributed by atoms with Gasteiger partial charge in [-0.2, -0.15) is 0 Å². The van der Waals surface area contributed by atoms with E-state index < -0.39 is 0 Å².